The summed E-state index contributed by atoms with van der Waals surface area (Å²) in [7, 11) is 2.13. The first kappa shape index (κ1) is 31.1. The van der Waals surface area contributed by atoms with Crippen molar-refractivity contribution in [3.05, 3.63) is 12.2 Å². The molecular weight excluding hydrogens is 478 g/mol. The van der Waals surface area contributed by atoms with Crippen molar-refractivity contribution in [1.29, 1.82) is 0 Å². The van der Waals surface area contributed by atoms with Crippen molar-refractivity contribution < 1.29 is 9.53 Å². The number of hydrogen-bond acceptors (Lipinski definition) is 3. The molecule has 0 aliphatic heterocycles. The second kappa shape index (κ2) is 13.0. The van der Waals surface area contributed by atoms with E-state index in [0.717, 1.165) is 74.3 Å². The van der Waals surface area contributed by atoms with Gasteiger partial charge in [0, 0.05) is 5.57 Å². The SMILES string of the molecule is C=C(CCCN(C)CC)C(=O)O[C@H]1CC[C@@]2(C)C(CC[C@@H]3C2CC[C@@]2(C)C3CC[C@@H]2[C@H](C)CCCC(C)C)C1. The van der Waals surface area contributed by atoms with Crippen LogP contribution in [0.1, 0.15) is 131 Å². The fourth-order valence-electron chi connectivity index (χ4n) is 10.4. The molecular formula is C36H63NO2. The predicted octanol–water partition coefficient (Wildman–Crippen LogP) is 9.31. The summed E-state index contributed by atoms with van der Waals surface area (Å²) in [6, 6.07) is 0. The lowest BCUT2D eigenvalue weighted by molar-refractivity contribution is -0.159. The molecule has 0 amide bonds. The molecule has 0 bridgehead atoms. The van der Waals surface area contributed by atoms with Gasteiger partial charge in [0.25, 0.3) is 0 Å². The summed E-state index contributed by atoms with van der Waals surface area (Å²) in [6.07, 6.45) is 18.0. The summed E-state index contributed by atoms with van der Waals surface area (Å²) < 4.78 is 6.09. The van der Waals surface area contributed by atoms with E-state index in [1.807, 2.05) is 0 Å². The third-order valence-electron chi connectivity index (χ3n) is 12.9. The quantitative estimate of drug-likeness (QED) is 0.182. The van der Waals surface area contributed by atoms with Crippen molar-refractivity contribution in [3.63, 3.8) is 0 Å². The molecule has 39 heavy (non-hydrogen) atoms. The Bertz CT molecular complexity index is 836. The van der Waals surface area contributed by atoms with Gasteiger partial charge < -0.3 is 9.64 Å². The molecule has 224 valence electrons. The maximum Gasteiger partial charge on any atom is 0.333 e. The van der Waals surface area contributed by atoms with Gasteiger partial charge in [-0.1, -0.05) is 67.4 Å². The van der Waals surface area contributed by atoms with E-state index in [9.17, 15) is 4.79 Å². The highest BCUT2D eigenvalue weighted by Gasteiger charge is 2.60. The van der Waals surface area contributed by atoms with E-state index in [4.69, 9.17) is 4.74 Å². The van der Waals surface area contributed by atoms with Crippen LogP contribution in [0.15, 0.2) is 12.2 Å². The number of ether oxygens (including phenoxy) is 1. The summed E-state index contributed by atoms with van der Waals surface area (Å²) in [5.41, 5.74) is 1.67. The normalized spacial score (nSPS) is 38.7. The van der Waals surface area contributed by atoms with Gasteiger partial charge in [0.15, 0.2) is 0 Å². The molecule has 4 rings (SSSR count). The molecule has 4 saturated carbocycles. The first-order chi connectivity index (χ1) is 18.5. The van der Waals surface area contributed by atoms with Crippen molar-refractivity contribution in [3.8, 4) is 0 Å². The minimum absolute atomic E-state index is 0.0959. The average molecular weight is 542 g/mol. The highest BCUT2D eigenvalue weighted by Crippen LogP contribution is 2.68. The summed E-state index contributed by atoms with van der Waals surface area (Å²) in [5, 5.41) is 0. The lowest BCUT2D eigenvalue weighted by Gasteiger charge is -2.61. The largest absolute Gasteiger partial charge is 0.459 e. The van der Waals surface area contributed by atoms with Crippen LogP contribution < -0.4 is 0 Å². The van der Waals surface area contributed by atoms with Crippen LogP contribution in [0.2, 0.25) is 0 Å². The van der Waals surface area contributed by atoms with Gasteiger partial charge in [0.05, 0.1) is 0 Å². The molecule has 0 N–H and O–H groups in total. The Balaban J connectivity index is 1.31. The first-order valence-electron chi connectivity index (χ1n) is 17.1. The Morgan fingerprint density at radius 2 is 1.67 bits per heavy atom. The fourth-order valence-corrected chi connectivity index (χ4v) is 10.4. The van der Waals surface area contributed by atoms with Crippen molar-refractivity contribution in [2.24, 2.45) is 52.3 Å². The van der Waals surface area contributed by atoms with Crippen LogP contribution in [0.3, 0.4) is 0 Å². The number of carbonyl (C=O) groups excluding carboxylic acids is 1. The number of hydrogen-bond donors (Lipinski definition) is 0. The topological polar surface area (TPSA) is 29.5 Å². The van der Waals surface area contributed by atoms with E-state index in [2.05, 4.69) is 60.1 Å². The van der Waals surface area contributed by atoms with Crippen LogP contribution in [0, 0.1) is 52.3 Å². The van der Waals surface area contributed by atoms with Crippen molar-refractivity contribution >= 4 is 5.97 Å². The number of nitrogens with zero attached hydrogens (tertiary/aromatic N) is 1. The molecule has 3 unspecified atom stereocenters. The molecule has 0 spiro atoms. The Morgan fingerprint density at radius 3 is 2.38 bits per heavy atom. The molecule has 0 aromatic heterocycles. The van der Waals surface area contributed by atoms with Crippen LogP contribution in [0.4, 0.5) is 0 Å². The molecule has 3 nitrogen and oxygen atoms in total. The van der Waals surface area contributed by atoms with Crippen molar-refractivity contribution in [2.75, 3.05) is 20.1 Å². The van der Waals surface area contributed by atoms with Crippen LogP contribution in [0.25, 0.3) is 0 Å². The Kier molecular flexibility index (Phi) is 10.4. The highest BCUT2D eigenvalue weighted by atomic mass is 16.5. The number of rotatable bonds is 12. The van der Waals surface area contributed by atoms with E-state index in [1.54, 1.807) is 0 Å². The number of fused-ring (bicyclic) bond motifs is 5. The van der Waals surface area contributed by atoms with Gasteiger partial charge >= 0.3 is 5.97 Å². The molecule has 0 aromatic carbocycles. The summed E-state index contributed by atoms with van der Waals surface area (Å²) in [4.78, 5) is 15.1. The van der Waals surface area contributed by atoms with E-state index >= 15 is 0 Å². The predicted molar refractivity (Wildman–Crippen MR) is 164 cm³/mol. The number of esters is 1. The van der Waals surface area contributed by atoms with E-state index in [0.29, 0.717) is 22.3 Å². The highest BCUT2D eigenvalue weighted by molar-refractivity contribution is 5.87. The molecule has 0 heterocycles. The molecule has 4 aliphatic rings. The van der Waals surface area contributed by atoms with Crippen LogP contribution in [0.5, 0.6) is 0 Å². The van der Waals surface area contributed by atoms with Gasteiger partial charge in [0.1, 0.15) is 6.10 Å². The second-order valence-corrected chi connectivity index (χ2v) is 15.6. The zero-order valence-electron chi connectivity index (χ0n) is 26.9. The maximum atomic E-state index is 12.8. The Morgan fingerprint density at radius 1 is 0.949 bits per heavy atom. The molecule has 0 saturated heterocycles. The second-order valence-electron chi connectivity index (χ2n) is 15.6. The van der Waals surface area contributed by atoms with Crippen LogP contribution in [-0.2, 0) is 9.53 Å². The van der Waals surface area contributed by atoms with Gasteiger partial charge in [-0.15, -0.1) is 0 Å². The molecule has 9 atom stereocenters. The van der Waals surface area contributed by atoms with Gasteiger partial charge in [-0.3, -0.25) is 0 Å². The zero-order chi connectivity index (χ0) is 28.4. The summed E-state index contributed by atoms with van der Waals surface area (Å²) in [5.74, 6) is 5.99. The van der Waals surface area contributed by atoms with Gasteiger partial charge in [-0.2, -0.15) is 0 Å². The first-order valence-corrected chi connectivity index (χ1v) is 17.1. The van der Waals surface area contributed by atoms with Crippen LogP contribution in [-0.4, -0.2) is 37.1 Å². The lowest BCUT2D eigenvalue weighted by atomic mass is 9.44. The summed E-state index contributed by atoms with van der Waals surface area (Å²) in [6.45, 7) is 21.0. The molecule has 3 heteroatoms. The molecule has 4 aliphatic carbocycles. The van der Waals surface area contributed by atoms with Crippen molar-refractivity contribution in [1.82, 2.24) is 4.90 Å². The van der Waals surface area contributed by atoms with E-state index in [1.165, 1.54) is 64.2 Å². The smallest absolute Gasteiger partial charge is 0.333 e. The Labute approximate surface area is 242 Å². The van der Waals surface area contributed by atoms with Gasteiger partial charge in [0.2, 0.25) is 0 Å². The molecule has 0 aromatic rings. The van der Waals surface area contributed by atoms with E-state index < -0.39 is 0 Å². The minimum Gasteiger partial charge on any atom is -0.459 e. The standard InChI is InChI=1S/C36H63NO2/c1-9-37(8)23-11-14-27(5)34(38)39-29-19-21-35(6)28(24-29)15-16-30-32-18-17-31(26(4)13-10-12-25(2)3)36(32,7)22-20-33(30)35/h25-26,28-33H,5,9-24H2,1-4,6-8H3/t26-,28?,29+,30+,31-,32?,33?,35+,36-/m1/s1. The third-order valence-corrected chi connectivity index (χ3v) is 12.9. The van der Waals surface area contributed by atoms with Gasteiger partial charge in [-0.25, -0.2) is 4.79 Å². The number of carbonyl (C=O) groups is 1. The summed E-state index contributed by atoms with van der Waals surface area (Å²) >= 11 is 0. The van der Waals surface area contributed by atoms with Crippen LogP contribution >= 0.6 is 0 Å². The molecule has 4 fully saturated rings. The lowest BCUT2D eigenvalue weighted by Crippen LogP contribution is -2.54. The monoisotopic (exact) mass is 541 g/mol. The van der Waals surface area contributed by atoms with Crippen molar-refractivity contribution in [2.45, 2.75) is 138 Å². The Hall–Kier alpha value is -0.830. The third kappa shape index (κ3) is 6.65. The fraction of sp³-hybridized carbons (Fsp3) is 0.917. The zero-order valence-corrected chi connectivity index (χ0v) is 26.9. The maximum absolute atomic E-state index is 12.8. The molecule has 0 radical (unpaired) electrons. The minimum atomic E-state index is -0.135. The van der Waals surface area contributed by atoms with Gasteiger partial charge in [-0.05, 0) is 143 Å². The average Bonchev–Trinajstić information content (AvgIpc) is 3.25. The van der Waals surface area contributed by atoms with E-state index in [-0.39, 0.29) is 12.1 Å².